The predicted octanol–water partition coefficient (Wildman–Crippen LogP) is 4.11. The lowest BCUT2D eigenvalue weighted by Gasteiger charge is -2.30. The van der Waals surface area contributed by atoms with Gasteiger partial charge in [-0.25, -0.2) is 13.2 Å². The van der Waals surface area contributed by atoms with Crippen LogP contribution in [0.2, 0.25) is 0 Å². The number of sulfonamides is 1. The number of nitrogens with one attached hydrogen (secondary N) is 1. The summed E-state index contributed by atoms with van der Waals surface area (Å²) in [4.78, 5) is 26.5. The standard InChI is InChI=1S/C19H23BrN2O5S2/c1-12(2)22(13(3)4)17(23)11-27-19(24)14-7-5-6-8-15(14)21-29(25,26)18-10-9-16(20)28-18/h5-10,12-13,21H,11H2,1-4H3. The van der Waals surface area contributed by atoms with Gasteiger partial charge in [0.15, 0.2) is 6.61 Å². The maximum absolute atomic E-state index is 12.6. The van der Waals surface area contributed by atoms with Crippen LogP contribution in [0, 0.1) is 0 Å². The maximum atomic E-state index is 12.6. The minimum Gasteiger partial charge on any atom is -0.452 e. The Bertz CT molecular complexity index is 978. The monoisotopic (exact) mass is 502 g/mol. The molecule has 0 aliphatic carbocycles. The number of para-hydroxylation sites is 1. The van der Waals surface area contributed by atoms with Gasteiger partial charge in [0.25, 0.3) is 15.9 Å². The van der Waals surface area contributed by atoms with Gasteiger partial charge in [0.05, 0.1) is 15.0 Å². The van der Waals surface area contributed by atoms with Crippen LogP contribution in [0.4, 0.5) is 5.69 Å². The Labute approximate surface area is 183 Å². The van der Waals surface area contributed by atoms with Gasteiger partial charge in [0.1, 0.15) is 4.21 Å². The minimum atomic E-state index is -3.86. The van der Waals surface area contributed by atoms with Gasteiger partial charge < -0.3 is 9.64 Å². The molecule has 10 heteroatoms. The first-order chi connectivity index (χ1) is 13.5. The van der Waals surface area contributed by atoms with Crippen molar-refractivity contribution in [3.63, 3.8) is 0 Å². The number of nitrogens with zero attached hydrogens (tertiary/aromatic N) is 1. The molecular weight excluding hydrogens is 480 g/mol. The summed E-state index contributed by atoms with van der Waals surface area (Å²) in [7, 11) is -3.86. The molecule has 0 spiro atoms. The molecule has 1 aromatic carbocycles. The number of carbonyl (C=O) groups is 2. The van der Waals surface area contributed by atoms with Gasteiger partial charge >= 0.3 is 5.97 Å². The lowest BCUT2D eigenvalue weighted by atomic mass is 10.2. The van der Waals surface area contributed by atoms with E-state index in [1.165, 1.54) is 18.2 Å². The molecule has 0 atom stereocenters. The first kappa shape index (κ1) is 23.4. The number of hydrogen-bond donors (Lipinski definition) is 1. The van der Waals surface area contributed by atoms with Gasteiger partial charge in [-0.3, -0.25) is 9.52 Å². The van der Waals surface area contributed by atoms with Crippen molar-refractivity contribution in [3.05, 3.63) is 45.7 Å². The van der Waals surface area contributed by atoms with E-state index in [0.29, 0.717) is 3.79 Å². The Hall–Kier alpha value is -1.91. The molecule has 1 aromatic heterocycles. The highest BCUT2D eigenvalue weighted by molar-refractivity contribution is 9.11. The van der Waals surface area contributed by atoms with Crippen LogP contribution in [-0.4, -0.2) is 43.9 Å². The van der Waals surface area contributed by atoms with E-state index in [1.807, 2.05) is 27.7 Å². The maximum Gasteiger partial charge on any atom is 0.340 e. The minimum absolute atomic E-state index is 0.0279. The molecule has 2 aromatic rings. The van der Waals surface area contributed by atoms with E-state index < -0.39 is 22.6 Å². The van der Waals surface area contributed by atoms with Crippen molar-refractivity contribution in [1.29, 1.82) is 0 Å². The van der Waals surface area contributed by atoms with E-state index in [4.69, 9.17) is 4.74 Å². The summed E-state index contributed by atoms with van der Waals surface area (Å²) in [6, 6.07) is 9.11. The third-order valence-corrected chi connectivity index (χ3v) is 7.41. The number of amides is 1. The summed E-state index contributed by atoms with van der Waals surface area (Å²) in [5.74, 6) is -1.10. The zero-order valence-corrected chi connectivity index (χ0v) is 19.7. The summed E-state index contributed by atoms with van der Waals surface area (Å²) in [5, 5.41) is 0. The van der Waals surface area contributed by atoms with E-state index in [0.717, 1.165) is 11.3 Å². The lowest BCUT2D eigenvalue weighted by Crippen LogP contribution is -2.44. The molecule has 29 heavy (non-hydrogen) atoms. The first-order valence-corrected chi connectivity index (χ1v) is 12.0. The second kappa shape index (κ2) is 9.73. The Balaban J connectivity index is 2.15. The van der Waals surface area contributed by atoms with Gasteiger partial charge in [-0.05, 0) is 67.9 Å². The fourth-order valence-electron chi connectivity index (χ4n) is 2.84. The average Bonchev–Trinajstić information content (AvgIpc) is 3.06. The molecule has 1 amide bonds. The van der Waals surface area contributed by atoms with Crippen LogP contribution in [0.3, 0.4) is 0 Å². The average molecular weight is 503 g/mol. The number of rotatable bonds is 8. The molecule has 7 nitrogen and oxygen atoms in total. The zero-order valence-electron chi connectivity index (χ0n) is 16.5. The summed E-state index contributed by atoms with van der Waals surface area (Å²) in [5.41, 5.74) is 0.110. The molecule has 0 unspecified atom stereocenters. The Morgan fingerprint density at radius 3 is 2.28 bits per heavy atom. The van der Waals surface area contributed by atoms with Crippen LogP contribution in [-0.2, 0) is 19.6 Å². The highest BCUT2D eigenvalue weighted by Gasteiger charge is 2.24. The number of thiophene rings is 1. The van der Waals surface area contributed by atoms with Crippen molar-refractivity contribution in [2.75, 3.05) is 11.3 Å². The van der Waals surface area contributed by atoms with Gasteiger partial charge in [-0.15, -0.1) is 11.3 Å². The summed E-state index contributed by atoms with van der Waals surface area (Å²) in [6.07, 6.45) is 0. The van der Waals surface area contributed by atoms with E-state index in [1.54, 1.807) is 23.1 Å². The molecule has 1 N–H and O–H groups in total. The second-order valence-corrected chi connectivity index (χ2v) is 11.1. The smallest absolute Gasteiger partial charge is 0.340 e. The second-order valence-electron chi connectivity index (χ2n) is 6.77. The number of esters is 1. The molecular formula is C19H23BrN2O5S2. The van der Waals surface area contributed by atoms with Crippen molar-refractivity contribution < 1.29 is 22.7 Å². The van der Waals surface area contributed by atoms with Crippen LogP contribution in [0.25, 0.3) is 0 Å². The third kappa shape index (κ3) is 6.03. The number of halogens is 1. The van der Waals surface area contributed by atoms with Crippen LogP contribution < -0.4 is 4.72 Å². The Morgan fingerprint density at radius 1 is 1.10 bits per heavy atom. The zero-order chi connectivity index (χ0) is 21.8. The van der Waals surface area contributed by atoms with Gasteiger partial charge in [-0.1, -0.05) is 12.1 Å². The van der Waals surface area contributed by atoms with Crippen molar-refractivity contribution in [2.24, 2.45) is 0 Å². The van der Waals surface area contributed by atoms with Crippen molar-refractivity contribution in [1.82, 2.24) is 4.90 Å². The van der Waals surface area contributed by atoms with Crippen molar-refractivity contribution in [2.45, 2.75) is 44.0 Å². The molecule has 0 saturated heterocycles. The molecule has 0 bridgehead atoms. The number of benzene rings is 1. The van der Waals surface area contributed by atoms with Gasteiger partial charge in [0.2, 0.25) is 0 Å². The van der Waals surface area contributed by atoms with E-state index in [-0.39, 0.29) is 33.5 Å². The first-order valence-electron chi connectivity index (χ1n) is 8.88. The van der Waals surface area contributed by atoms with Crippen LogP contribution in [0.5, 0.6) is 0 Å². The number of carbonyl (C=O) groups excluding carboxylic acids is 2. The van der Waals surface area contributed by atoms with Crippen molar-refractivity contribution in [3.8, 4) is 0 Å². The molecule has 0 saturated carbocycles. The summed E-state index contributed by atoms with van der Waals surface area (Å²) < 4.78 is 33.5. The SMILES string of the molecule is CC(C)N(C(=O)COC(=O)c1ccccc1NS(=O)(=O)c1ccc(Br)s1)C(C)C. The van der Waals surface area contributed by atoms with E-state index in [2.05, 4.69) is 20.7 Å². The summed E-state index contributed by atoms with van der Waals surface area (Å²) >= 11 is 4.28. The highest BCUT2D eigenvalue weighted by atomic mass is 79.9. The largest absolute Gasteiger partial charge is 0.452 e. The molecule has 0 aliphatic rings. The molecule has 158 valence electrons. The fraction of sp³-hybridized carbons (Fsp3) is 0.368. The molecule has 1 heterocycles. The number of anilines is 1. The normalized spacial score (nSPS) is 11.6. The molecule has 2 rings (SSSR count). The van der Waals surface area contributed by atoms with E-state index in [9.17, 15) is 18.0 Å². The Kier molecular flexibility index (Phi) is 7.84. The van der Waals surface area contributed by atoms with Gasteiger partial charge in [-0.2, -0.15) is 0 Å². The Morgan fingerprint density at radius 2 is 1.72 bits per heavy atom. The number of hydrogen-bond acceptors (Lipinski definition) is 6. The molecule has 0 aliphatic heterocycles. The third-order valence-electron chi connectivity index (χ3n) is 3.93. The fourth-order valence-corrected chi connectivity index (χ4v) is 5.93. The highest BCUT2D eigenvalue weighted by Crippen LogP contribution is 2.28. The number of ether oxygens (including phenoxy) is 1. The quantitative estimate of drug-likeness (QED) is 0.548. The van der Waals surface area contributed by atoms with Crippen LogP contribution in [0.15, 0.2) is 44.4 Å². The van der Waals surface area contributed by atoms with Crippen LogP contribution in [0.1, 0.15) is 38.1 Å². The molecule has 0 radical (unpaired) electrons. The van der Waals surface area contributed by atoms with E-state index >= 15 is 0 Å². The topological polar surface area (TPSA) is 92.8 Å². The predicted molar refractivity (Wildman–Crippen MR) is 117 cm³/mol. The molecule has 0 fully saturated rings. The lowest BCUT2D eigenvalue weighted by molar-refractivity contribution is -0.138. The van der Waals surface area contributed by atoms with Gasteiger partial charge in [0, 0.05) is 12.1 Å². The van der Waals surface area contributed by atoms with Crippen LogP contribution >= 0.6 is 27.3 Å². The summed E-state index contributed by atoms with van der Waals surface area (Å²) in [6.45, 7) is 7.10. The van der Waals surface area contributed by atoms with Crippen molar-refractivity contribution >= 4 is 54.9 Å².